The van der Waals surface area contributed by atoms with Crippen LogP contribution in [0.1, 0.15) is 18.4 Å². The van der Waals surface area contributed by atoms with Crippen molar-refractivity contribution in [3.63, 3.8) is 0 Å². The summed E-state index contributed by atoms with van der Waals surface area (Å²) < 4.78 is 18.0. The van der Waals surface area contributed by atoms with Gasteiger partial charge in [-0.25, -0.2) is 4.39 Å². The van der Waals surface area contributed by atoms with E-state index in [1.165, 1.54) is 12.1 Å². The molecule has 0 radical (unpaired) electrons. The Bertz CT molecular complexity index is 288. The number of alkyl halides is 1. The summed E-state index contributed by atoms with van der Waals surface area (Å²) in [7, 11) is 1.59. The molecule has 1 nitrogen and oxygen atoms in total. The summed E-state index contributed by atoms with van der Waals surface area (Å²) >= 11 is 3.36. The molecule has 0 bridgehead atoms. The predicted molar refractivity (Wildman–Crippen MR) is 55.2 cm³/mol. The number of hydrogen-bond donors (Lipinski definition) is 0. The van der Waals surface area contributed by atoms with E-state index in [0.717, 1.165) is 16.6 Å². The highest BCUT2D eigenvalue weighted by atomic mass is 79.9. The van der Waals surface area contributed by atoms with Crippen molar-refractivity contribution < 1.29 is 9.13 Å². The summed E-state index contributed by atoms with van der Waals surface area (Å²) in [4.78, 5) is 0. The maximum Gasteiger partial charge on any atom is 0.123 e. The van der Waals surface area contributed by atoms with Crippen LogP contribution in [0.25, 0.3) is 0 Å². The van der Waals surface area contributed by atoms with Gasteiger partial charge in [0.15, 0.2) is 0 Å². The molecule has 0 fully saturated rings. The topological polar surface area (TPSA) is 9.23 Å². The third-order valence-corrected chi connectivity index (χ3v) is 2.93. The highest BCUT2D eigenvalue weighted by molar-refractivity contribution is 9.09. The number of benzene rings is 1. The first-order valence-electron chi connectivity index (χ1n) is 4.08. The van der Waals surface area contributed by atoms with Crippen LogP contribution in [-0.4, -0.2) is 12.4 Å². The third kappa shape index (κ3) is 2.44. The second-order valence-corrected chi connectivity index (χ2v) is 3.59. The van der Waals surface area contributed by atoms with Gasteiger partial charge in [-0.2, -0.15) is 0 Å². The minimum atomic E-state index is -0.219. The minimum Gasteiger partial charge on any atom is -0.496 e. The van der Waals surface area contributed by atoms with E-state index >= 15 is 0 Å². The summed E-state index contributed by atoms with van der Waals surface area (Å²) in [5, 5.41) is 0.798. The Labute approximate surface area is 86.0 Å². The summed E-state index contributed by atoms with van der Waals surface area (Å²) in [5.41, 5.74) is 0.902. The molecule has 0 aliphatic carbocycles. The molecule has 1 unspecified atom stereocenters. The zero-order chi connectivity index (χ0) is 9.84. The molecule has 0 aliphatic heterocycles. The highest BCUT2D eigenvalue weighted by Gasteiger charge is 2.10. The quantitative estimate of drug-likeness (QED) is 0.744. The van der Waals surface area contributed by atoms with Crippen LogP contribution in [0.5, 0.6) is 5.75 Å². The molecule has 13 heavy (non-hydrogen) atoms. The van der Waals surface area contributed by atoms with E-state index in [2.05, 4.69) is 15.9 Å². The van der Waals surface area contributed by atoms with E-state index in [1.54, 1.807) is 13.2 Å². The lowest BCUT2D eigenvalue weighted by atomic mass is 10.0. The van der Waals surface area contributed by atoms with E-state index in [1.807, 2.05) is 6.92 Å². The summed E-state index contributed by atoms with van der Waals surface area (Å²) in [5.74, 6) is 0.780. The zero-order valence-electron chi connectivity index (χ0n) is 7.68. The predicted octanol–water partition coefficient (Wildman–Crippen LogP) is 3.33. The van der Waals surface area contributed by atoms with Crippen LogP contribution < -0.4 is 4.74 Å². The van der Waals surface area contributed by atoms with Gasteiger partial charge in [0, 0.05) is 10.9 Å². The first-order valence-corrected chi connectivity index (χ1v) is 5.20. The molecular formula is C10H12BrFO. The van der Waals surface area contributed by atoms with Gasteiger partial charge >= 0.3 is 0 Å². The number of ether oxygens (including phenoxy) is 1. The van der Waals surface area contributed by atoms with E-state index in [0.29, 0.717) is 0 Å². The van der Waals surface area contributed by atoms with Gasteiger partial charge in [-0.1, -0.05) is 22.9 Å². The zero-order valence-corrected chi connectivity index (χ0v) is 9.27. The van der Waals surface area contributed by atoms with Gasteiger partial charge in [-0.15, -0.1) is 0 Å². The van der Waals surface area contributed by atoms with Gasteiger partial charge in [-0.05, 0) is 24.1 Å². The maximum atomic E-state index is 12.9. The van der Waals surface area contributed by atoms with Crippen LogP contribution in [-0.2, 0) is 0 Å². The monoisotopic (exact) mass is 246 g/mol. The SMILES string of the molecule is COc1ccc(F)cc1C(C)CBr. The number of hydrogen-bond acceptors (Lipinski definition) is 1. The second kappa shape index (κ2) is 4.61. The molecule has 0 heterocycles. The van der Waals surface area contributed by atoms with Crippen LogP contribution >= 0.6 is 15.9 Å². The lowest BCUT2D eigenvalue weighted by molar-refractivity contribution is 0.406. The summed E-state index contributed by atoms with van der Waals surface area (Å²) in [6.07, 6.45) is 0. The average Bonchev–Trinajstić information content (AvgIpc) is 2.16. The van der Waals surface area contributed by atoms with Crippen molar-refractivity contribution in [2.75, 3.05) is 12.4 Å². The van der Waals surface area contributed by atoms with E-state index < -0.39 is 0 Å². The van der Waals surface area contributed by atoms with Gasteiger partial charge in [0.2, 0.25) is 0 Å². The lowest BCUT2D eigenvalue weighted by Gasteiger charge is -2.12. The Morgan fingerprint density at radius 3 is 2.77 bits per heavy atom. The maximum absolute atomic E-state index is 12.9. The number of halogens is 2. The molecule has 0 saturated carbocycles. The number of rotatable bonds is 3. The molecule has 0 spiro atoms. The first kappa shape index (κ1) is 10.5. The van der Waals surface area contributed by atoms with Crippen LogP contribution in [0.15, 0.2) is 18.2 Å². The van der Waals surface area contributed by atoms with Crippen molar-refractivity contribution in [2.45, 2.75) is 12.8 Å². The molecule has 0 aromatic heterocycles. The van der Waals surface area contributed by atoms with Crippen molar-refractivity contribution in [1.29, 1.82) is 0 Å². The molecule has 0 N–H and O–H groups in total. The van der Waals surface area contributed by atoms with Crippen molar-refractivity contribution in [3.8, 4) is 5.75 Å². The standard InChI is InChI=1S/C10H12BrFO/c1-7(6-11)9-5-8(12)3-4-10(9)13-2/h3-5,7H,6H2,1-2H3. The van der Waals surface area contributed by atoms with E-state index in [-0.39, 0.29) is 11.7 Å². The molecule has 1 atom stereocenters. The van der Waals surface area contributed by atoms with Crippen LogP contribution in [0.4, 0.5) is 4.39 Å². The fraction of sp³-hybridized carbons (Fsp3) is 0.400. The fourth-order valence-electron chi connectivity index (χ4n) is 1.17. The summed E-state index contributed by atoms with van der Waals surface area (Å²) in [6, 6.07) is 4.58. The normalized spacial score (nSPS) is 12.6. The van der Waals surface area contributed by atoms with E-state index in [4.69, 9.17) is 4.74 Å². The van der Waals surface area contributed by atoms with Crippen molar-refractivity contribution in [1.82, 2.24) is 0 Å². The van der Waals surface area contributed by atoms with Crippen molar-refractivity contribution in [3.05, 3.63) is 29.6 Å². The number of methoxy groups -OCH3 is 1. The van der Waals surface area contributed by atoms with E-state index in [9.17, 15) is 4.39 Å². The molecule has 0 amide bonds. The Morgan fingerprint density at radius 1 is 1.54 bits per heavy atom. The molecule has 72 valence electrons. The largest absolute Gasteiger partial charge is 0.496 e. The Balaban J connectivity index is 3.07. The average molecular weight is 247 g/mol. The summed E-state index contributed by atoms with van der Waals surface area (Å²) in [6.45, 7) is 2.02. The molecular weight excluding hydrogens is 235 g/mol. The lowest BCUT2D eigenvalue weighted by Crippen LogP contribution is -1.99. The van der Waals surface area contributed by atoms with Crippen LogP contribution in [0.3, 0.4) is 0 Å². The van der Waals surface area contributed by atoms with Gasteiger partial charge in [0.1, 0.15) is 11.6 Å². The van der Waals surface area contributed by atoms with Gasteiger partial charge in [0.25, 0.3) is 0 Å². The Morgan fingerprint density at radius 2 is 2.23 bits per heavy atom. The van der Waals surface area contributed by atoms with Crippen molar-refractivity contribution in [2.24, 2.45) is 0 Å². The fourth-order valence-corrected chi connectivity index (χ4v) is 1.52. The molecule has 3 heteroatoms. The van der Waals surface area contributed by atoms with Crippen molar-refractivity contribution >= 4 is 15.9 Å². The van der Waals surface area contributed by atoms with Gasteiger partial charge in [0.05, 0.1) is 7.11 Å². The van der Waals surface area contributed by atoms with Gasteiger partial charge in [-0.3, -0.25) is 0 Å². The minimum absolute atomic E-state index is 0.219. The molecule has 1 aromatic rings. The molecule has 0 saturated heterocycles. The third-order valence-electron chi connectivity index (χ3n) is 1.95. The highest BCUT2D eigenvalue weighted by Crippen LogP contribution is 2.28. The first-order chi connectivity index (χ1) is 6.19. The Kier molecular flexibility index (Phi) is 3.72. The molecule has 1 rings (SSSR count). The van der Waals surface area contributed by atoms with Crippen LogP contribution in [0.2, 0.25) is 0 Å². The smallest absolute Gasteiger partial charge is 0.123 e. The second-order valence-electron chi connectivity index (χ2n) is 2.94. The molecule has 1 aromatic carbocycles. The van der Waals surface area contributed by atoms with Gasteiger partial charge < -0.3 is 4.74 Å². The van der Waals surface area contributed by atoms with Crippen LogP contribution in [0, 0.1) is 5.82 Å². The molecule has 0 aliphatic rings. The Hall–Kier alpha value is -0.570.